The average Bonchev–Trinajstić information content (AvgIpc) is 3.13. The van der Waals surface area contributed by atoms with E-state index in [1.807, 2.05) is 0 Å². The number of anilines is 1. The number of rotatable bonds is 4. The van der Waals surface area contributed by atoms with Gasteiger partial charge in [-0.05, 0) is 37.5 Å². The smallest absolute Gasteiger partial charge is 0.321 e. The second-order valence-electron chi connectivity index (χ2n) is 5.79. The van der Waals surface area contributed by atoms with Crippen molar-refractivity contribution in [3.8, 4) is 0 Å². The van der Waals surface area contributed by atoms with E-state index in [4.69, 9.17) is 0 Å². The predicted molar refractivity (Wildman–Crippen MR) is 78.8 cm³/mol. The Morgan fingerprint density at radius 1 is 1.50 bits per heavy atom. The van der Waals surface area contributed by atoms with Crippen molar-refractivity contribution in [2.24, 2.45) is 17.8 Å². The number of nitrogens with one attached hydrogen (secondary N) is 2. The van der Waals surface area contributed by atoms with Gasteiger partial charge in [-0.1, -0.05) is 6.92 Å². The maximum Gasteiger partial charge on any atom is 0.321 e. The summed E-state index contributed by atoms with van der Waals surface area (Å²) in [5, 5.41) is 16.0. The van der Waals surface area contributed by atoms with Crippen LogP contribution in [-0.4, -0.2) is 28.8 Å². The first-order valence-corrected chi connectivity index (χ1v) is 8.16. The van der Waals surface area contributed by atoms with Crippen molar-refractivity contribution < 1.29 is 9.90 Å². The van der Waals surface area contributed by atoms with Gasteiger partial charge in [-0.25, -0.2) is 9.78 Å². The fourth-order valence-corrected chi connectivity index (χ4v) is 4.46. The number of hydrogen-bond acceptors (Lipinski definition) is 4. The van der Waals surface area contributed by atoms with Gasteiger partial charge in [0.25, 0.3) is 0 Å². The fourth-order valence-electron chi connectivity index (χ4n) is 3.71. The van der Waals surface area contributed by atoms with Crippen LogP contribution in [0.3, 0.4) is 0 Å². The lowest BCUT2D eigenvalue weighted by molar-refractivity contribution is 0.146. The van der Waals surface area contributed by atoms with E-state index in [0.717, 1.165) is 17.7 Å². The van der Waals surface area contributed by atoms with Crippen molar-refractivity contribution in [3.05, 3.63) is 11.1 Å². The molecule has 0 saturated heterocycles. The maximum absolute atomic E-state index is 12.1. The Kier molecular flexibility index (Phi) is 3.94. The molecule has 3 N–H and O–H groups in total. The van der Waals surface area contributed by atoms with E-state index < -0.39 is 0 Å². The van der Waals surface area contributed by atoms with Crippen molar-refractivity contribution >= 4 is 22.5 Å². The topological polar surface area (TPSA) is 74.2 Å². The van der Waals surface area contributed by atoms with E-state index in [9.17, 15) is 9.90 Å². The molecule has 0 spiro atoms. The summed E-state index contributed by atoms with van der Waals surface area (Å²) in [6.45, 7) is 2.24. The minimum absolute atomic E-state index is 0.115. The van der Waals surface area contributed by atoms with Crippen LogP contribution in [-0.2, 0) is 6.42 Å². The van der Waals surface area contributed by atoms with Crippen LogP contribution in [0.1, 0.15) is 31.1 Å². The first kappa shape index (κ1) is 13.8. The van der Waals surface area contributed by atoms with Gasteiger partial charge in [-0.15, -0.1) is 11.3 Å². The highest BCUT2D eigenvalue weighted by Gasteiger charge is 2.47. The molecule has 0 aliphatic heterocycles. The number of aliphatic hydroxyl groups is 1. The number of fused-ring (bicyclic) bond motifs is 2. The van der Waals surface area contributed by atoms with Gasteiger partial charge in [0.15, 0.2) is 5.13 Å². The van der Waals surface area contributed by atoms with E-state index in [2.05, 4.69) is 22.5 Å². The van der Waals surface area contributed by atoms with E-state index in [1.165, 1.54) is 24.2 Å². The molecule has 0 radical (unpaired) electrons. The quantitative estimate of drug-likeness (QED) is 0.797. The number of thiazole rings is 1. The molecule has 1 aromatic heterocycles. The molecule has 2 aliphatic rings. The van der Waals surface area contributed by atoms with Crippen LogP contribution in [0.25, 0.3) is 0 Å². The minimum Gasteiger partial charge on any atom is -0.396 e. The van der Waals surface area contributed by atoms with Crippen molar-refractivity contribution in [2.75, 3.05) is 11.9 Å². The van der Waals surface area contributed by atoms with Crippen molar-refractivity contribution in [1.29, 1.82) is 0 Å². The van der Waals surface area contributed by atoms with Gasteiger partial charge in [-0.2, -0.15) is 0 Å². The van der Waals surface area contributed by atoms with Crippen LogP contribution in [0.5, 0.6) is 0 Å². The summed E-state index contributed by atoms with van der Waals surface area (Å²) in [5.41, 5.74) is 0. The average molecular weight is 295 g/mol. The van der Waals surface area contributed by atoms with Gasteiger partial charge in [0.05, 0.1) is 0 Å². The molecule has 4 unspecified atom stereocenters. The molecule has 1 heterocycles. The third-order valence-corrected chi connectivity index (χ3v) is 5.78. The van der Waals surface area contributed by atoms with E-state index in [0.29, 0.717) is 17.0 Å². The minimum atomic E-state index is -0.196. The summed E-state index contributed by atoms with van der Waals surface area (Å²) in [7, 11) is 0. The summed E-state index contributed by atoms with van der Waals surface area (Å²) in [4.78, 5) is 17.4. The molecule has 2 bridgehead atoms. The molecule has 2 saturated carbocycles. The third-order valence-electron chi connectivity index (χ3n) is 4.72. The lowest BCUT2D eigenvalue weighted by Crippen LogP contribution is -2.46. The third kappa shape index (κ3) is 2.54. The Hall–Kier alpha value is -1.14. The SMILES string of the molecule is CCc1cnc(NC(=O)NC2C3CCC(C3)C2CO)s1. The number of aromatic nitrogens is 1. The lowest BCUT2D eigenvalue weighted by Gasteiger charge is -2.30. The molecule has 4 atom stereocenters. The summed E-state index contributed by atoms with van der Waals surface area (Å²) >= 11 is 1.51. The first-order valence-electron chi connectivity index (χ1n) is 7.34. The number of carbonyl (C=O) groups excluding carboxylic acids is 1. The van der Waals surface area contributed by atoms with Gasteiger partial charge in [0.2, 0.25) is 0 Å². The normalized spacial score (nSPS) is 31.5. The number of aliphatic hydroxyl groups excluding tert-OH is 1. The van der Waals surface area contributed by atoms with Crippen LogP contribution in [0, 0.1) is 17.8 Å². The van der Waals surface area contributed by atoms with E-state index >= 15 is 0 Å². The molecular weight excluding hydrogens is 274 g/mol. The second kappa shape index (κ2) is 5.69. The highest BCUT2D eigenvalue weighted by Crippen LogP contribution is 2.48. The standard InChI is InChI=1S/C14H21N3O2S/c1-2-10-6-15-14(20-10)17-13(19)16-12-9-4-3-8(5-9)11(12)7-18/h6,8-9,11-12,18H,2-5,7H2,1H3,(H2,15,16,17,19). The molecular formula is C14H21N3O2S. The molecule has 3 rings (SSSR count). The number of urea groups is 1. The largest absolute Gasteiger partial charge is 0.396 e. The zero-order valence-corrected chi connectivity index (χ0v) is 12.4. The van der Waals surface area contributed by atoms with Gasteiger partial charge in [-0.3, -0.25) is 5.32 Å². The van der Waals surface area contributed by atoms with Crippen LogP contribution in [0.15, 0.2) is 6.20 Å². The van der Waals surface area contributed by atoms with Gasteiger partial charge in [0, 0.05) is 29.6 Å². The van der Waals surface area contributed by atoms with Crippen molar-refractivity contribution in [1.82, 2.24) is 10.3 Å². The van der Waals surface area contributed by atoms with E-state index in [1.54, 1.807) is 6.20 Å². The van der Waals surface area contributed by atoms with Crippen LogP contribution >= 0.6 is 11.3 Å². The zero-order valence-electron chi connectivity index (χ0n) is 11.6. The molecule has 2 aliphatic carbocycles. The Bertz CT molecular complexity index is 491. The molecule has 110 valence electrons. The molecule has 0 aromatic carbocycles. The molecule has 2 amide bonds. The predicted octanol–water partition coefficient (Wildman–Crippen LogP) is 2.23. The van der Waals surface area contributed by atoms with E-state index in [-0.39, 0.29) is 24.6 Å². The molecule has 20 heavy (non-hydrogen) atoms. The van der Waals surface area contributed by atoms with Crippen LogP contribution in [0.2, 0.25) is 0 Å². The number of nitrogens with zero attached hydrogens (tertiary/aromatic N) is 1. The second-order valence-corrected chi connectivity index (χ2v) is 6.90. The highest BCUT2D eigenvalue weighted by atomic mass is 32.1. The number of aryl methyl sites for hydroxylation is 1. The van der Waals surface area contributed by atoms with Crippen LogP contribution in [0.4, 0.5) is 9.93 Å². The van der Waals surface area contributed by atoms with Crippen molar-refractivity contribution in [3.63, 3.8) is 0 Å². The van der Waals surface area contributed by atoms with Crippen LogP contribution < -0.4 is 10.6 Å². The van der Waals surface area contributed by atoms with Crippen molar-refractivity contribution in [2.45, 2.75) is 38.6 Å². The number of amides is 2. The monoisotopic (exact) mass is 295 g/mol. The zero-order chi connectivity index (χ0) is 14.1. The lowest BCUT2D eigenvalue weighted by atomic mass is 9.85. The summed E-state index contributed by atoms with van der Waals surface area (Å²) in [6, 6.07) is -0.0811. The summed E-state index contributed by atoms with van der Waals surface area (Å²) < 4.78 is 0. The molecule has 2 fully saturated rings. The summed E-state index contributed by atoms with van der Waals surface area (Å²) in [5.74, 6) is 1.34. The maximum atomic E-state index is 12.1. The Labute approximate surface area is 122 Å². The molecule has 1 aromatic rings. The van der Waals surface area contributed by atoms with Gasteiger partial charge >= 0.3 is 6.03 Å². The highest BCUT2D eigenvalue weighted by molar-refractivity contribution is 7.15. The van der Waals surface area contributed by atoms with Gasteiger partial charge < -0.3 is 10.4 Å². The number of hydrogen-bond donors (Lipinski definition) is 3. The summed E-state index contributed by atoms with van der Waals surface area (Å²) in [6.07, 6.45) is 6.24. The first-order chi connectivity index (χ1) is 9.71. The Morgan fingerprint density at radius 3 is 3.00 bits per heavy atom. The molecule has 6 heteroatoms. The van der Waals surface area contributed by atoms with Gasteiger partial charge in [0.1, 0.15) is 0 Å². The number of carbonyl (C=O) groups is 1. The fraction of sp³-hybridized carbons (Fsp3) is 0.714. The Balaban J connectivity index is 1.58. The molecule has 5 nitrogen and oxygen atoms in total. The Morgan fingerprint density at radius 2 is 2.30 bits per heavy atom.